The molecule has 1 aromatic rings. The van der Waals surface area contributed by atoms with Gasteiger partial charge in [-0.15, -0.1) is 0 Å². The molecule has 5 heteroatoms. The van der Waals surface area contributed by atoms with Crippen LogP contribution in [0.3, 0.4) is 0 Å². The van der Waals surface area contributed by atoms with E-state index in [4.69, 9.17) is 4.74 Å². The van der Waals surface area contributed by atoms with Crippen molar-refractivity contribution in [1.29, 1.82) is 0 Å². The monoisotopic (exact) mass is 357 g/mol. The van der Waals surface area contributed by atoms with E-state index in [9.17, 15) is 14.4 Å². The number of benzene rings is 1. The Morgan fingerprint density at radius 3 is 2.04 bits per heavy atom. The van der Waals surface area contributed by atoms with Crippen LogP contribution < -0.4 is 5.32 Å². The van der Waals surface area contributed by atoms with Gasteiger partial charge in [0, 0.05) is 11.6 Å². The van der Waals surface area contributed by atoms with Crippen LogP contribution in [0.25, 0.3) is 0 Å². The number of hydrogen-bond donors (Lipinski definition) is 1. The summed E-state index contributed by atoms with van der Waals surface area (Å²) in [5, 5.41) is 2.13. The lowest BCUT2D eigenvalue weighted by atomic mass is 9.87. The minimum absolute atomic E-state index is 0.155. The van der Waals surface area contributed by atoms with E-state index in [1.165, 1.54) is 22.3 Å². The second-order valence-corrected chi connectivity index (χ2v) is 6.37. The van der Waals surface area contributed by atoms with Crippen molar-refractivity contribution in [3.8, 4) is 0 Å². The van der Waals surface area contributed by atoms with Gasteiger partial charge in [0.2, 0.25) is 0 Å². The van der Waals surface area contributed by atoms with E-state index in [0.29, 0.717) is 0 Å². The molecule has 0 radical (unpaired) electrons. The van der Waals surface area contributed by atoms with Gasteiger partial charge < -0.3 is 4.74 Å². The maximum atomic E-state index is 12.1. The van der Waals surface area contributed by atoms with Crippen LogP contribution >= 0.6 is 0 Å². The fourth-order valence-corrected chi connectivity index (χ4v) is 3.57. The van der Waals surface area contributed by atoms with E-state index >= 15 is 0 Å². The number of hydrogen-bond acceptors (Lipinski definition) is 4. The summed E-state index contributed by atoms with van der Waals surface area (Å²) in [6, 6.07) is 2.23. The molecule has 1 aliphatic heterocycles. The molecule has 0 saturated heterocycles. The minimum Gasteiger partial charge on any atom is -0.461 e. The molecular weight excluding hydrogens is 330 g/mol. The van der Waals surface area contributed by atoms with E-state index in [2.05, 4.69) is 39.1 Å². The highest BCUT2D eigenvalue weighted by Crippen LogP contribution is 2.27. The maximum absolute atomic E-state index is 12.1. The number of nitrogens with one attached hydrogen (secondary N) is 1. The fraction of sp³-hybridized carbons (Fsp3) is 0.476. The van der Waals surface area contributed by atoms with Gasteiger partial charge >= 0.3 is 5.97 Å². The summed E-state index contributed by atoms with van der Waals surface area (Å²) in [5.74, 6) is -1.50. The Balaban J connectivity index is 2.20. The average molecular weight is 357 g/mol. The van der Waals surface area contributed by atoms with Crippen LogP contribution in [0.5, 0.6) is 0 Å². The summed E-state index contributed by atoms with van der Waals surface area (Å²) in [6.07, 6.45) is 4.67. The summed E-state index contributed by atoms with van der Waals surface area (Å²) >= 11 is 0. The third-order valence-corrected chi connectivity index (χ3v) is 4.87. The van der Waals surface area contributed by atoms with Gasteiger partial charge in [0.15, 0.2) is 0 Å². The number of carbonyl (C=O) groups excluding carboxylic acids is 3. The second kappa shape index (κ2) is 8.79. The quantitative estimate of drug-likeness (QED) is 0.573. The summed E-state index contributed by atoms with van der Waals surface area (Å²) < 4.78 is 5.46. The second-order valence-electron chi connectivity index (χ2n) is 6.37. The van der Waals surface area contributed by atoms with Gasteiger partial charge in [0.1, 0.15) is 6.61 Å². The van der Waals surface area contributed by atoms with Crippen LogP contribution in [0, 0.1) is 0 Å². The SMILES string of the molecule is CCc1cc(CC)c(COC(=O)CC2=CC(=O)NC2=O)c(CC)c1CC. The van der Waals surface area contributed by atoms with Crippen molar-refractivity contribution in [2.45, 2.75) is 66.4 Å². The van der Waals surface area contributed by atoms with Gasteiger partial charge in [-0.3, -0.25) is 19.7 Å². The van der Waals surface area contributed by atoms with E-state index in [1.54, 1.807) is 0 Å². The van der Waals surface area contributed by atoms with E-state index in [-0.39, 0.29) is 18.6 Å². The summed E-state index contributed by atoms with van der Waals surface area (Å²) in [7, 11) is 0. The first kappa shape index (κ1) is 19.9. The molecule has 0 saturated carbocycles. The number of amides is 2. The number of esters is 1. The molecule has 5 nitrogen and oxygen atoms in total. The zero-order valence-electron chi connectivity index (χ0n) is 16.0. The molecule has 0 bridgehead atoms. The third kappa shape index (κ3) is 4.21. The molecule has 140 valence electrons. The molecule has 0 unspecified atom stereocenters. The van der Waals surface area contributed by atoms with Crippen molar-refractivity contribution < 1.29 is 19.1 Å². The molecular formula is C21H27NO4. The molecule has 1 heterocycles. The van der Waals surface area contributed by atoms with Crippen LogP contribution in [0.2, 0.25) is 0 Å². The van der Waals surface area contributed by atoms with Gasteiger partial charge in [-0.1, -0.05) is 33.8 Å². The Morgan fingerprint density at radius 2 is 1.54 bits per heavy atom. The Bertz CT molecular complexity index is 762. The summed E-state index contributed by atoms with van der Waals surface area (Å²) in [4.78, 5) is 34.9. The Hall–Kier alpha value is -2.43. The highest BCUT2D eigenvalue weighted by atomic mass is 16.5. The van der Waals surface area contributed by atoms with Crippen LogP contribution in [-0.2, 0) is 51.4 Å². The van der Waals surface area contributed by atoms with Crippen molar-refractivity contribution in [3.63, 3.8) is 0 Å². The van der Waals surface area contributed by atoms with Crippen molar-refractivity contribution in [1.82, 2.24) is 5.32 Å². The Kier molecular flexibility index (Phi) is 6.72. The van der Waals surface area contributed by atoms with Crippen molar-refractivity contribution >= 4 is 17.8 Å². The highest BCUT2D eigenvalue weighted by Gasteiger charge is 2.24. The topological polar surface area (TPSA) is 72.5 Å². The lowest BCUT2D eigenvalue weighted by molar-refractivity contribution is -0.144. The van der Waals surface area contributed by atoms with E-state index in [1.807, 2.05) is 0 Å². The molecule has 0 aromatic heterocycles. The number of rotatable bonds is 8. The zero-order valence-corrected chi connectivity index (χ0v) is 16.0. The molecule has 0 fully saturated rings. The van der Waals surface area contributed by atoms with Gasteiger partial charge in [-0.05, 0) is 53.5 Å². The molecule has 26 heavy (non-hydrogen) atoms. The lowest BCUT2D eigenvalue weighted by Gasteiger charge is -2.20. The van der Waals surface area contributed by atoms with Gasteiger partial charge in [-0.2, -0.15) is 0 Å². The Morgan fingerprint density at radius 1 is 0.923 bits per heavy atom. The first-order chi connectivity index (χ1) is 12.4. The molecule has 2 rings (SSSR count). The van der Waals surface area contributed by atoms with Crippen molar-refractivity contribution in [3.05, 3.63) is 45.5 Å². The molecule has 1 aromatic carbocycles. The zero-order chi connectivity index (χ0) is 19.3. The highest BCUT2D eigenvalue weighted by molar-refractivity contribution is 6.17. The number of ether oxygens (including phenoxy) is 1. The van der Waals surface area contributed by atoms with E-state index in [0.717, 1.165) is 37.3 Å². The number of carbonyl (C=O) groups is 3. The molecule has 1 aliphatic rings. The predicted octanol–water partition coefficient (Wildman–Crippen LogP) is 2.95. The van der Waals surface area contributed by atoms with Crippen LogP contribution in [0.15, 0.2) is 17.7 Å². The standard InChI is InChI=1S/C21H27NO4/c1-5-13-9-14(6-2)18(17(8-4)16(13)7-3)12-26-20(24)11-15-10-19(23)22-21(15)25/h9-10H,5-8,11-12H2,1-4H3,(H,22,23,25). The minimum atomic E-state index is -0.518. The van der Waals surface area contributed by atoms with Crippen LogP contribution in [-0.4, -0.2) is 17.8 Å². The van der Waals surface area contributed by atoms with Crippen LogP contribution in [0.1, 0.15) is 61.9 Å². The fourth-order valence-electron chi connectivity index (χ4n) is 3.57. The summed E-state index contributed by atoms with van der Waals surface area (Å²) in [5.41, 5.74) is 6.42. The molecule has 0 atom stereocenters. The molecule has 0 aliphatic carbocycles. The predicted molar refractivity (Wildman–Crippen MR) is 99.6 cm³/mol. The van der Waals surface area contributed by atoms with Gasteiger partial charge in [0.25, 0.3) is 11.8 Å². The van der Waals surface area contributed by atoms with Gasteiger partial charge in [-0.25, -0.2) is 0 Å². The third-order valence-electron chi connectivity index (χ3n) is 4.87. The lowest BCUT2D eigenvalue weighted by Crippen LogP contribution is -2.23. The normalized spacial score (nSPS) is 13.6. The summed E-state index contributed by atoms with van der Waals surface area (Å²) in [6.45, 7) is 8.74. The number of imide groups is 1. The molecule has 2 amide bonds. The Labute approximate surface area is 154 Å². The largest absolute Gasteiger partial charge is 0.461 e. The van der Waals surface area contributed by atoms with Crippen molar-refractivity contribution in [2.75, 3.05) is 0 Å². The number of aryl methyl sites for hydroxylation is 2. The van der Waals surface area contributed by atoms with Gasteiger partial charge in [0.05, 0.1) is 6.42 Å². The first-order valence-corrected chi connectivity index (χ1v) is 9.31. The van der Waals surface area contributed by atoms with Crippen LogP contribution in [0.4, 0.5) is 0 Å². The molecule has 0 spiro atoms. The first-order valence-electron chi connectivity index (χ1n) is 9.31. The molecule has 1 N–H and O–H groups in total. The van der Waals surface area contributed by atoms with Crippen molar-refractivity contribution in [2.24, 2.45) is 0 Å². The maximum Gasteiger partial charge on any atom is 0.310 e. The smallest absolute Gasteiger partial charge is 0.310 e. The van der Waals surface area contributed by atoms with E-state index < -0.39 is 17.8 Å². The average Bonchev–Trinajstić information content (AvgIpc) is 2.95.